The van der Waals surface area contributed by atoms with Crippen molar-refractivity contribution < 1.29 is 18.3 Å². The van der Waals surface area contributed by atoms with E-state index < -0.39 is 18.4 Å². The molecule has 2 aromatic rings. The Bertz CT molecular complexity index is 756. The maximum Gasteiger partial charge on any atom is 0.251 e. The number of halogens is 2. The van der Waals surface area contributed by atoms with Crippen molar-refractivity contribution in [3.05, 3.63) is 66.2 Å². The molecule has 1 aliphatic heterocycles. The number of amides is 1. The third-order valence-corrected chi connectivity index (χ3v) is 5.05. The quantitative estimate of drug-likeness (QED) is 0.778. The van der Waals surface area contributed by atoms with E-state index in [9.17, 15) is 13.6 Å². The monoisotopic (exact) mass is 388 g/mol. The fourth-order valence-corrected chi connectivity index (χ4v) is 3.44. The molecule has 2 atom stereocenters. The lowest BCUT2D eigenvalue weighted by Gasteiger charge is -2.38. The zero-order valence-electron chi connectivity index (χ0n) is 16.0. The molecule has 0 unspecified atom stereocenters. The van der Waals surface area contributed by atoms with Crippen LogP contribution >= 0.6 is 0 Å². The molecule has 3 rings (SSSR count). The van der Waals surface area contributed by atoms with Gasteiger partial charge in [-0.3, -0.25) is 9.69 Å². The van der Waals surface area contributed by atoms with Crippen molar-refractivity contribution >= 4 is 5.91 Å². The van der Waals surface area contributed by atoms with Gasteiger partial charge in [-0.1, -0.05) is 48.5 Å². The largest absolute Gasteiger partial charge is 0.492 e. The summed E-state index contributed by atoms with van der Waals surface area (Å²) < 4.78 is 33.7. The van der Waals surface area contributed by atoms with Gasteiger partial charge in [0.15, 0.2) is 0 Å². The van der Waals surface area contributed by atoms with Gasteiger partial charge in [-0.05, 0) is 24.6 Å². The molecular formula is C22H26F2N2O2. The topological polar surface area (TPSA) is 41.6 Å². The highest BCUT2D eigenvalue weighted by Crippen LogP contribution is 2.32. The van der Waals surface area contributed by atoms with Gasteiger partial charge in [0.05, 0.1) is 12.1 Å². The molecule has 0 aliphatic carbocycles. The van der Waals surface area contributed by atoms with E-state index in [2.05, 4.69) is 5.32 Å². The summed E-state index contributed by atoms with van der Waals surface area (Å²) in [5.74, 6) is -2.46. The maximum atomic E-state index is 14.0. The van der Waals surface area contributed by atoms with Crippen LogP contribution in [0.5, 0.6) is 5.75 Å². The second-order valence-electron chi connectivity index (χ2n) is 7.16. The Morgan fingerprint density at radius 3 is 2.50 bits per heavy atom. The van der Waals surface area contributed by atoms with Crippen molar-refractivity contribution in [3.63, 3.8) is 0 Å². The molecule has 0 bridgehead atoms. The summed E-state index contributed by atoms with van der Waals surface area (Å²) in [5.41, 5.74) is 0.942. The number of carbonyl (C=O) groups excluding carboxylic acids is 1. The molecule has 0 saturated carbocycles. The van der Waals surface area contributed by atoms with Gasteiger partial charge in [-0.25, -0.2) is 8.78 Å². The van der Waals surface area contributed by atoms with Gasteiger partial charge in [0.2, 0.25) is 5.91 Å². The fraction of sp³-hybridized carbons (Fsp3) is 0.409. The van der Waals surface area contributed by atoms with E-state index in [4.69, 9.17) is 4.74 Å². The van der Waals surface area contributed by atoms with Crippen LogP contribution in [-0.4, -0.2) is 42.5 Å². The van der Waals surface area contributed by atoms with Crippen LogP contribution in [0.3, 0.4) is 0 Å². The van der Waals surface area contributed by atoms with Crippen LogP contribution < -0.4 is 10.1 Å². The van der Waals surface area contributed by atoms with Crippen LogP contribution in [0.25, 0.3) is 0 Å². The van der Waals surface area contributed by atoms with E-state index >= 15 is 0 Å². The van der Waals surface area contributed by atoms with Gasteiger partial charge in [0.1, 0.15) is 12.4 Å². The highest BCUT2D eigenvalue weighted by atomic mass is 19.3. The van der Waals surface area contributed by atoms with Crippen LogP contribution in [0.4, 0.5) is 8.78 Å². The standard InChI is InChI=1S/C22H26F2N2O2/c1-17(18-8-4-2-5-9-18)25-21(27)20-16-22(23,24)12-13-26(20)14-15-28-19-10-6-3-7-11-19/h2-11,17,20H,12-16H2,1H3,(H,25,27)/t17-,20-/m0/s1. The Morgan fingerprint density at radius 2 is 1.82 bits per heavy atom. The molecule has 1 saturated heterocycles. The predicted molar refractivity (Wildman–Crippen MR) is 104 cm³/mol. The van der Waals surface area contributed by atoms with Crippen molar-refractivity contribution in [2.75, 3.05) is 19.7 Å². The minimum atomic E-state index is -2.82. The number of likely N-dealkylation sites (tertiary alicyclic amines) is 1. The van der Waals surface area contributed by atoms with Gasteiger partial charge in [-0.2, -0.15) is 0 Å². The molecule has 1 heterocycles. The predicted octanol–water partition coefficient (Wildman–Crippen LogP) is 4.04. The molecule has 150 valence electrons. The van der Waals surface area contributed by atoms with Crippen molar-refractivity contribution in [1.82, 2.24) is 10.2 Å². The van der Waals surface area contributed by atoms with E-state index in [0.717, 1.165) is 11.3 Å². The lowest BCUT2D eigenvalue weighted by molar-refractivity contribution is -0.138. The summed E-state index contributed by atoms with van der Waals surface area (Å²) in [7, 11) is 0. The Morgan fingerprint density at radius 1 is 1.18 bits per heavy atom. The summed E-state index contributed by atoms with van der Waals surface area (Å²) in [4.78, 5) is 14.6. The minimum Gasteiger partial charge on any atom is -0.492 e. The van der Waals surface area contributed by atoms with Gasteiger partial charge in [0, 0.05) is 25.9 Å². The SMILES string of the molecule is C[C@H](NC(=O)[C@@H]1CC(F)(F)CCN1CCOc1ccccc1)c1ccccc1. The van der Waals surface area contributed by atoms with Gasteiger partial charge in [-0.15, -0.1) is 0 Å². The smallest absolute Gasteiger partial charge is 0.251 e. The molecule has 2 aromatic carbocycles. The van der Waals surface area contributed by atoms with E-state index in [1.807, 2.05) is 67.6 Å². The minimum absolute atomic E-state index is 0.170. The summed E-state index contributed by atoms with van der Waals surface area (Å²) in [5, 5.41) is 2.89. The first-order valence-corrected chi connectivity index (χ1v) is 9.60. The van der Waals surface area contributed by atoms with Crippen LogP contribution in [0, 0.1) is 0 Å². The first kappa shape index (κ1) is 20.3. The highest BCUT2D eigenvalue weighted by molar-refractivity contribution is 5.82. The number of alkyl halides is 2. The third kappa shape index (κ3) is 5.52. The number of piperidine rings is 1. The Kier molecular flexibility index (Phi) is 6.62. The van der Waals surface area contributed by atoms with E-state index in [1.165, 1.54) is 0 Å². The van der Waals surface area contributed by atoms with Crippen molar-refractivity contribution in [2.45, 2.75) is 37.8 Å². The first-order chi connectivity index (χ1) is 13.4. The second-order valence-corrected chi connectivity index (χ2v) is 7.16. The lowest BCUT2D eigenvalue weighted by atomic mass is 9.97. The van der Waals surface area contributed by atoms with Crippen LogP contribution in [0.1, 0.15) is 31.4 Å². The summed E-state index contributed by atoms with van der Waals surface area (Å²) in [6.07, 6.45) is -0.706. The van der Waals surface area contributed by atoms with Crippen molar-refractivity contribution in [2.24, 2.45) is 0 Å². The third-order valence-electron chi connectivity index (χ3n) is 5.05. The normalized spacial score (nSPS) is 20.3. The molecule has 0 aromatic heterocycles. The Balaban J connectivity index is 1.61. The number of benzene rings is 2. The lowest BCUT2D eigenvalue weighted by Crippen LogP contribution is -2.55. The number of ether oxygens (including phenoxy) is 1. The molecule has 0 radical (unpaired) electrons. The maximum absolute atomic E-state index is 14.0. The number of hydrogen-bond donors (Lipinski definition) is 1. The van der Waals surface area contributed by atoms with Gasteiger partial charge in [0.25, 0.3) is 5.92 Å². The fourth-order valence-electron chi connectivity index (χ4n) is 3.44. The number of nitrogens with one attached hydrogen (secondary N) is 1. The number of hydrogen-bond acceptors (Lipinski definition) is 3. The highest BCUT2D eigenvalue weighted by Gasteiger charge is 2.43. The summed E-state index contributed by atoms with van der Waals surface area (Å²) >= 11 is 0. The van der Waals surface area contributed by atoms with Crippen LogP contribution in [0.2, 0.25) is 0 Å². The Labute approximate surface area is 164 Å². The van der Waals surface area contributed by atoms with Crippen molar-refractivity contribution in [1.29, 1.82) is 0 Å². The van der Waals surface area contributed by atoms with Crippen LogP contribution in [-0.2, 0) is 4.79 Å². The average Bonchev–Trinajstić information content (AvgIpc) is 2.70. The van der Waals surface area contributed by atoms with Crippen molar-refractivity contribution in [3.8, 4) is 5.75 Å². The molecule has 1 N–H and O–H groups in total. The number of rotatable bonds is 7. The van der Waals surface area contributed by atoms with E-state index in [0.29, 0.717) is 13.2 Å². The zero-order valence-corrected chi connectivity index (χ0v) is 16.0. The molecule has 6 heteroatoms. The zero-order chi connectivity index (χ0) is 20.0. The molecular weight excluding hydrogens is 362 g/mol. The van der Waals surface area contributed by atoms with Gasteiger partial charge >= 0.3 is 0 Å². The van der Waals surface area contributed by atoms with E-state index in [1.54, 1.807) is 4.90 Å². The molecule has 1 amide bonds. The molecule has 28 heavy (non-hydrogen) atoms. The molecule has 0 spiro atoms. The van der Waals surface area contributed by atoms with Gasteiger partial charge < -0.3 is 10.1 Å². The Hall–Kier alpha value is -2.47. The number of para-hydroxylation sites is 1. The average molecular weight is 388 g/mol. The molecule has 1 aliphatic rings. The molecule has 1 fully saturated rings. The van der Waals surface area contributed by atoms with Crippen LogP contribution in [0.15, 0.2) is 60.7 Å². The first-order valence-electron chi connectivity index (χ1n) is 9.60. The number of nitrogens with zero attached hydrogens (tertiary/aromatic N) is 1. The molecule has 4 nitrogen and oxygen atoms in total. The summed E-state index contributed by atoms with van der Waals surface area (Å²) in [6, 6.07) is 17.7. The second kappa shape index (κ2) is 9.15. The number of carbonyl (C=O) groups is 1. The summed E-state index contributed by atoms with van der Waals surface area (Å²) in [6.45, 7) is 2.79. The van der Waals surface area contributed by atoms with E-state index in [-0.39, 0.29) is 24.9 Å².